The third kappa shape index (κ3) is 3.18. The highest BCUT2D eigenvalue weighted by Crippen LogP contribution is 2.23. The molecule has 21 heavy (non-hydrogen) atoms. The molecular weight excluding hydrogens is 278 g/mol. The number of hydrogen-bond donors (Lipinski definition) is 2. The van der Waals surface area contributed by atoms with Gasteiger partial charge in [-0.05, 0) is 43.2 Å². The zero-order valence-corrected chi connectivity index (χ0v) is 13.3. The van der Waals surface area contributed by atoms with E-state index in [9.17, 15) is 0 Å². The van der Waals surface area contributed by atoms with Gasteiger partial charge in [0.1, 0.15) is 0 Å². The quantitative estimate of drug-likeness (QED) is 0.728. The number of rotatable bonds is 6. The average Bonchev–Trinajstić information content (AvgIpc) is 3.14. The third-order valence-electron chi connectivity index (χ3n) is 3.83. The molecule has 3 nitrogen and oxygen atoms in total. The molecule has 2 heterocycles. The second-order valence-electron chi connectivity index (χ2n) is 5.48. The lowest BCUT2D eigenvalue weighted by molar-refractivity contribution is 0.292. The number of nitrogens with one attached hydrogen (secondary N) is 2. The average molecular weight is 299 g/mol. The molecule has 0 saturated carbocycles. The Bertz CT molecular complexity index is 685. The zero-order chi connectivity index (χ0) is 14.7. The lowest BCUT2D eigenvalue weighted by atomic mass is 10.1. The lowest BCUT2D eigenvalue weighted by Crippen LogP contribution is -2.30. The van der Waals surface area contributed by atoms with Crippen LogP contribution in [0.4, 0.5) is 0 Å². The van der Waals surface area contributed by atoms with Crippen LogP contribution >= 0.6 is 11.3 Å². The number of hydrogen-bond acceptors (Lipinski definition) is 3. The van der Waals surface area contributed by atoms with E-state index >= 15 is 0 Å². The molecule has 2 N–H and O–H groups in total. The van der Waals surface area contributed by atoms with Crippen LogP contribution in [-0.2, 0) is 6.54 Å². The van der Waals surface area contributed by atoms with Gasteiger partial charge in [-0.3, -0.25) is 0 Å². The second-order valence-corrected chi connectivity index (χ2v) is 6.46. The van der Waals surface area contributed by atoms with Crippen LogP contribution in [0.25, 0.3) is 10.9 Å². The van der Waals surface area contributed by atoms with Crippen molar-refractivity contribution >= 4 is 22.2 Å². The molecule has 0 aliphatic carbocycles. The van der Waals surface area contributed by atoms with Gasteiger partial charge in [-0.2, -0.15) is 0 Å². The first-order valence-corrected chi connectivity index (χ1v) is 8.09. The number of nitrogens with zero attached hydrogens (tertiary/aromatic N) is 1. The first kappa shape index (κ1) is 14.3. The van der Waals surface area contributed by atoms with Crippen LogP contribution in [0.15, 0.2) is 48.0 Å². The normalized spacial score (nSPS) is 13.1. The highest BCUT2D eigenvalue weighted by Gasteiger charge is 2.14. The van der Waals surface area contributed by atoms with Crippen LogP contribution in [0.3, 0.4) is 0 Å². The maximum absolute atomic E-state index is 3.60. The van der Waals surface area contributed by atoms with E-state index in [1.54, 1.807) is 0 Å². The molecule has 2 aromatic heterocycles. The number of H-pyrrole nitrogens is 1. The summed E-state index contributed by atoms with van der Waals surface area (Å²) in [5.41, 5.74) is 2.55. The van der Waals surface area contributed by atoms with Crippen molar-refractivity contribution in [2.75, 3.05) is 20.6 Å². The van der Waals surface area contributed by atoms with E-state index in [0.717, 1.165) is 13.1 Å². The van der Waals surface area contributed by atoms with Crippen molar-refractivity contribution in [1.29, 1.82) is 0 Å². The Morgan fingerprint density at radius 3 is 2.86 bits per heavy atom. The van der Waals surface area contributed by atoms with Crippen LogP contribution in [0.2, 0.25) is 0 Å². The summed E-state index contributed by atoms with van der Waals surface area (Å²) in [6.07, 6.45) is 2.00. The molecule has 0 bridgehead atoms. The Morgan fingerprint density at radius 2 is 2.10 bits per heavy atom. The SMILES string of the molecule is CN(C)C(CNCc1cccc2[nH]ccc12)c1cccs1. The summed E-state index contributed by atoms with van der Waals surface area (Å²) in [7, 11) is 4.28. The minimum atomic E-state index is 0.426. The molecule has 0 spiro atoms. The van der Waals surface area contributed by atoms with Crippen molar-refractivity contribution in [2.24, 2.45) is 0 Å². The van der Waals surface area contributed by atoms with Crippen LogP contribution in [0.5, 0.6) is 0 Å². The highest BCUT2D eigenvalue weighted by atomic mass is 32.1. The second kappa shape index (κ2) is 6.43. The van der Waals surface area contributed by atoms with Crippen molar-refractivity contribution in [1.82, 2.24) is 15.2 Å². The monoisotopic (exact) mass is 299 g/mol. The lowest BCUT2D eigenvalue weighted by Gasteiger charge is -2.23. The van der Waals surface area contributed by atoms with Gasteiger partial charge in [-0.1, -0.05) is 18.2 Å². The molecule has 0 radical (unpaired) electrons. The maximum atomic E-state index is 3.60. The molecule has 4 heteroatoms. The molecular formula is C17H21N3S. The molecule has 0 saturated heterocycles. The van der Waals surface area contributed by atoms with Gasteiger partial charge >= 0.3 is 0 Å². The van der Waals surface area contributed by atoms with Gasteiger partial charge < -0.3 is 15.2 Å². The molecule has 1 unspecified atom stereocenters. The fourth-order valence-corrected chi connectivity index (χ4v) is 3.59. The Hall–Kier alpha value is -1.62. The molecule has 0 aliphatic rings. The van der Waals surface area contributed by atoms with Crippen molar-refractivity contribution in [3.05, 3.63) is 58.4 Å². The number of aromatic amines is 1. The van der Waals surface area contributed by atoms with Gasteiger partial charge in [-0.15, -0.1) is 11.3 Å². The smallest absolute Gasteiger partial charge is 0.0561 e. The molecule has 0 fully saturated rings. The predicted octanol–water partition coefficient (Wildman–Crippen LogP) is 3.62. The molecule has 110 valence electrons. The van der Waals surface area contributed by atoms with Crippen molar-refractivity contribution in [3.8, 4) is 0 Å². The van der Waals surface area contributed by atoms with Gasteiger partial charge in [-0.25, -0.2) is 0 Å². The van der Waals surface area contributed by atoms with E-state index in [2.05, 4.69) is 71.1 Å². The summed E-state index contributed by atoms with van der Waals surface area (Å²) < 4.78 is 0. The van der Waals surface area contributed by atoms with E-state index in [4.69, 9.17) is 0 Å². The van der Waals surface area contributed by atoms with E-state index < -0.39 is 0 Å². The Morgan fingerprint density at radius 1 is 1.19 bits per heavy atom. The third-order valence-corrected chi connectivity index (χ3v) is 4.81. The largest absolute Gasteiger partial charge is 0.361 e. The van der Waals surface area contributed by atoms with Gasteiger partial charge in [0.2, 0.25) is 0 Å². The molecule has 3 aromatic rings. The zero-order valence-electron chi connectivity index (χ0n) is 12.5. The fraction of sp³-hybridized carbons (Fsp3) is 0.294. The summed E-state index contributed by atoms with van der Waals surface area (Å²) in [6.45, 7) is 1.85. The Kier molecular flexibility index (Phi) is 4.39. The molecule has 3 rings (SSSR count). The Labute approximate surface area is 129 Å². The van der Waals surface area contributed by atoms with Gasteiger partial charge in [0.05, 0.1) is 6.04 Å². The topological polar surface area (TPSA) is 31.1 Å². The molecule has 1 atom stereocenters. The summed E-state index contributed by atoms with van der Waals surface area (Å²) in [4.78, 5) is 6.95. The summed E-state index contributed by atoms with van der Waals surface area (Å²) in [6, 6.07) is 13.3. The van der Waals surface area contributed by atoms with Gasteiger partial charge in [0.15, 0.2) is 0 Å². The Balaban J connectivity index is 1.66. The molecule has 0 amide bonds. The van der Waals surface area contributed by atoms with E-state index in [1.165, 1.54) is 21.3 Å². The first-order valence-electron chi connectivity index (χ1n) is 7.21. The summed E-state index contributed by atoms with van der Waals surface area (Å²) >= 11 is 1.82. The summed E-state index contributed by atoms with van der Waals surface area (Å²) in [5.74, 6) is 0. The number of aromatic nitrogens is 1. The van der Waals surface area contributed by atoms with Gasteiger partial charge in [0.25, 0.3) is 0 Å². The van der Waals surface area contributed by atoms with Crippen molar-refractivity contribution in [2.45, 2.75) is 12.6 Å². The number of benzene rings is 1. The van der Waals surface area contributed by atoms with E-state index in [0.29, 0.717) is 6.04 Å². The number of likely N-dealkylation sites (N-methyl/N-ethyl adjacent to an activating group) is 1. The maximum Gasteiger partial charge on any atom is 0.0561 e. The molecule has 1 aromatic carbocycles. The fourth-order valence-electron chi connectivity index (χ4n) is 2.67. The van der Waals surface area contributed by atoms with Crippen molar-refractivity contribution in [3.63, 3.8) is 0 Å². The highest BCUT2D eigenvalue weighted by molar-refractivity contribution is 7.10. The van der Waals surface area contributed by atoms with Crippen LogP contribution < -0.4 is 5.32 Å². The first-order chi connectivity index (χ1) is 10.3. The van der Waals surface area contributed by atoms with E-state index in [-0.39, 0.29) is 0 Å². The van der Waals surface area contributed by atoms with Crippen molar-refractivity contribution < 1.29 is 0 Å². The van der Waals surface area contributed by atoms with Crippen LogP contribution in [0, 0.1) is 0 Å². The van der Waals surface area contributed by atoms with Crippen LogP contribution in [0.1, 0.15) is 16.5 Å². The van der Waals surface area contributed by atoms with Gasteiger partial charge in [0, 0.05) is 35.1 Å². The summed E-state index contributed by atoms with van der Waals surface area (Å²) in [5, 5.41) is 7.06. The standard InChI is InChI=1S/C17H21N3S/c1-20(2)16(17-7-4-10-21-17)12-18-11-13-5-3-6-15-14(13)8-9-19-15/h3-10,16,18-19H,11-12H2,1-2H3. The minimum absolute atomic E-state index is 0.426. The molecule has 0 aliphatic heterocycles. The number of thiophene rings is 1. The van der Waals surface area contributed by atoms with E-state index in [1.807, 2.05) is 17.5 Å². The van der Waals surface area contributed by atoms with Crippen LogP contribution in [-0.4, -0.2) is 30.5 Å². The minimum Gasteiger partial charge on any atom is -0.361 e. The number of fused-ring (bicyclic) bond motifs is 1. The predicted molar refractivity (Wildman–Crippen MR) is 90.8 cm³/mol.